The van der Waals surface area contributed by atoms with Crippen LogP contribution in [0.1, 0.15) is 28.8 Å². The van der Waals surface area contributed by atoms with Crippen LogP contribution in [-0.4, -0.2) is 42.2 Å². The van der Waals surface area contributed by atoms with Gasteiger partial charge in [0.15, 0.2) is 0 Å². The number of ether oxygens (including phenoxy) is 1. The fraction of sp³-hybridized carbons (Fsp3) is 0.389. The smallest absolute Gasteiger partial charge is 0.381 e. The highest BCUT2D eigenvalue weighted by molar-refractivity contribution is 6.00. The van der Waals surface area contributed by atoms with Gasteiger partial charge >= 0.3 is 6.18 Å². The number of alkyl halides is 3. The Morgan fingerprint density at radius 2 is 1.93 bits per heavy atom. The number of para-hydroxylation sites is 1. The maximum Gasteiger partial charge on any atom is 0.421 e. The predicted molar refractivity (Wildman–Crippen MR) is 97.6 cm³/mol. The molecule has 0 unspecified atom stereocenters. The van der Waals surface area contributed by atoms with E-state index in [2.05, 4.69) is 25.9 Å². The Morgan fingerprint density at radius 3 is 2.61 bits per heavy atom. The van der Waals surface area contributed by atoms with Crippen molar-refractivity contribution in [1.82, 2.24) is 15.3 Å². The van der Waals surface area contributed by atoms with Crippen LogP contribution in [0.2, 0.25) is 0 Å². The molecule has 2 heterocycles. The third kappa shape index (κ3) is 4.69. The van der Waals surface area contributed by atoms with Crippen LogP contribution in [0.3, 0.4) is 0 Å². The van der Waals surface area contributed by atoms with Crippen LogP contribution >= 0.6 is 0 Å². The Morgan fingerprint density at radius 1 is 1.21 bits per heavy atom. The summed E-state index contributed by atoms with van der Waals surface area (Å²) < 4.78 is 45.6. The first-order chi connectivity index (χ1) is 13.4. The largest absolute Gasteiger partial charge is 0.421 e. The van der Waals surface area contributed by atoms with Crippen molar-refractivity contribution >= 4 is 23.4 Å². The number of rotatable bonds is 5. The summed E-state index contributed by atoms with van der Waals surface area (Å²) in [5.74, 6) is -0.764. The quantitative estimate of drug-likeness (QED) is 0.721. The molecule has 1 amide bonds. The molecule has 0 radical (unpaired) electrons. The number of carbonyl (C=O) groups is 1. The summed E-state index contributed by atoms with van der Waals surface area (Å²) in [6, 6.07) is 6.29. The molecule has 3 N–H and O–H groups in total. The van der Waals surface area contributed by atoms with Crippen molar-refractivity contribution in [2.45, 2.75) is 25.1 Å². The average molecular weight is 395 g/mol. The Balaban J connectivity index is 1.93. The van der Waals surface area contributed by atoms with Gasteiger partial charge in [0.1, 0.15) is 11.4 Å². The zero-order chi connectivity index (χ0) is 20.1. The lowest BCUT2D eigenvalue weighted by Crippen LogP contribution is -2.29. The summed E-state index contributed by atoms with van der Waals surface area (Å²) >= 11 is 0. The van der Waals surface area contributed by atoms with Gasteiger partial charge in [0.25, 0.3) is 5.91 Å². The second-order valence-electron chi connectivity index (χ2n) is 6.23. The predicted octanol–water partition coefficient (Wildman–Crippen LogP) is 3.19. The molecule has 0 aliphatic carbocycles. The van der Waals surface area contributed by atoms with Gasteiger partial charge < -0.3 is 20.7 Å². The van der Waals surface area contributed by atoms with Gasteiger partial charge in [-0.25, -0.2) is 4.98 Å². The van der Waals surface area contributed by atoms with Crippen molar-refractivity contribution in [3.05, 3.63) is 41.6 Å². The molecule has 1 aromatic carbocycles. The fourth-order valence-corrected chi connectivity index (χ4v) is 2.83. The number of benzene rings is 1. The number of nitrogens with zero attached hydrogens (tertiary/aromatic N) is 2. The molecule has 2 aromatic rings. The molecular formula is C18H20F3N5O2. The molecule has 0 bridgehead atoms. The van der Waals surface area contributed by atoms with Crippen molar-refractivity contribution in [1.29, 1.82) is 0 Å². The number of hydrogen-bond acceptors (Lipinski definition) is 6. The third-order valence-corrected chi connectivity index (χ3v) is 4.30. The van der Waals surface area contributed by atoms with Crippen LogP contribution in [0.25, 0.3) is 0 Å². The van der Waals surface area contributed by atoms with Gasteiger partial charge in [0.2, 0.25) is 5.95 Å². The average Bonchev–Trinajstić information content (AvgIpc) is 2.68. The van der Waals surface area contributed by atoms with Gasteiger partial charge in [0, 0.05) is 32.5 Å². The Labute approximate surface area is 159 Å². The molecule has 1 aliphatic rings. The molecule has 1 saturated heterocycles. The molecular weight excluding hydrogens is 375 g/mol. The summed E-state index contributed by atoms with van der Waals surface area (Å²) in [6.45, 7) is 1.14. The zero-order valence-electron chi connectivity index (χ0n) is 15.1. The molecule has 0 saturated carbocycles. The number of carbonyl (C=O) groups excluding carboxylic acids is 1. The molecule has 150 valence electrons. The van der Waals surface area contributed by atoms with Gasteiger partial charge in [-0.05, 0) is 25.0 Å². The van der Waals surface area contributed by atoms with Crippen molar-refractivity contribution in [2.24, 2.45) is 0 Å². The van der Waals surface area contributed by atoms with Crippen LogP contribution in [0.5, 0.6) is 0 Å². The van der Waals surface area contributed by atoms with Gasteiger partial charge in [-0.3, -0.25) is 4.79 Å². The van der Waals surface area contributed by atoms with E-state index in [1.165, 1.54) is 19.2 Å². The van der Waals surface area contributed by atoms with E-state index in [1.807, 2.05) is 0 Å². The van der Waals surface area contributed by atoms with Crippen molar-refractivity contribution in [2.75, 3.05) is 30.9 Å². The normalized spacial score (nSPS) is 15.1. The molecule has 7 nitrogen and oxygen atoms in total. The van der Waals surface area contributed by atoms with E-state index < -0.39 is 23.5 Å². The van der Waals surface area contributed by atoms with Gasteiger partial charge in [-0.15, -0.1) is 0 Å². The van der Waals surface area contributed by atoms with Crippen molar-refractivity contribution < 1.29 is 22.7 Å². The van der Waals surface area contributed by atoms with E-state index in [9.17, 15) is 18.0 Å². The molecule has 1 aromatic heterocycles. The molecule has 1 fully saturated rings. The number of aromatic nitrogens is 2. The van der Waals surface area contributed by atoms with E-state index in [-0.39, 0.29) is 23.2 Å². The minimum Gasteiger partial charge on any atom is -0.381 e. The third-order valence-electron chi connectivity index (χ3n) is 4.30. The van der Waals surface area contributed by atoms with E-state index >= 15 is 0 Å². The summed E-state index contributed by atoms with van der Waals surface area (Å²) in [7, 11) is 1.45. The summed E-state index contributed by atoms with van der Waals surface area (Å²) in [4.78, 5) is 19.8. The minimum absolute atomic E-state index is 0.0245. The first-order valence-corrected chi connectivity index (χ1v) is 8.75. The lowest BCUT2D eigenvalue weighted by Gasteiger charge is -2.23. The van der Waals surface area contributed by atoms with Crippen LogP contribution in [-0.2, 0) is 10.9 Å². The molecule has 0 atom stereocenters. The first-order valence-electron chi connectivity index (χ1n) is 8.75. The second-order valence-corrected chi connectivity index (χ2v) is 6.23. The van der Waals surface area contributed by atoms with E-state index in [1.54, 1.807) is 12.1 Å². The molecule has 10 heteroatoms. The van der Waals surface area contributed by atoms with E-state index in [0.717, 1.165) is 6.20 Å². The topological polar surface area (TPSA) is 88.2 Å². The lowest BCUT2D eigenvalue weighted by atomic mass is 10.1. The van der Waals surface area contributed by atoms with E-state index in [0.29, 0.717) is 26.1 Å². The zero-order valence-corrected chi connectivity index (χ0v) is 15.1. The Kier molecular flexibility index (Phi) is 5.98. The maximum atomic E-state index is 13.4. The van der Waals surface area contributed by atoms with Gasteiger partial charge in [-0.1, -0.05) is 12.1 Å². The highest BCUT2D eigenvalue weighted by atomic mass is 19.4. The van der Waals surface area contributed by atoms with E-state index in [4.69, 9.17) is 4.74 Å². The van der Waals surface area contributed by atoms with Crippen LogP contribution < -0.4 is 16.0 Å². The standard InChI is InChI=1S/C18H20F3N5O2/c1-22-16(27)12-4-2-3-5-14(12)25-15-13(18(19,20)21)10-23-17(26-15)24-11-6-8-28-9-7-11/h2-5,10-11H,6-9H2,1H3,(H,22,27)(H2,23,24,25,26). The van der Waals surface area contributed by atoms with Crippen molar-refractivity contribution in [3.8, 4) is 0 Å². The SMILES string of the molecule is CNC(=O)c1ccccc1Nc1nc(NC2CCOCC2)ncc1C(F)(F)F. The van der Waals surface area contributed by atoms with Crippen molar-refractivity contribution in [3.63, 3.8) is 0 Å². The highest BCUT2D eigenvalue weighted by Crippen LogP contribution is 2.35. The maximum absolute atomic E-state index is 13.4. The highest BCUT2D eigenvalue weighted by Gasteiger charge is 2.35. The monoisotopic (exact) mass is 395 g/mol. The van der Waals surface area contributed by atoms with Gasteiger partial charge in [0.05, 0.1) is 11.3 Å². The summed E-state index contributed by atoms with van der Waals surface area (Å²) in [5.41, 5.74) is -0.601. The lowest BCUT2D eigenvalue weighted by molar-refractivity contribution is -0.137. The number of amides is 1. The molecule has 3 rings (SSSR count). The van der Waals surface area contributed by atoms with Crippen LogP contribution in [0.4, 0.5) is 30.6 Å². The van der Waals surface area contributed by atoms with Crippen LogP contribution in [0.15, 0.2) is 30.5 Å². The first kappa shape index (κ1) is 19.9. The number of hydrogen-bond donors (Lipinski definition) is 3. The second kappa shape index (κ2) is 8.42. The molecule has 1 aliphatic heterocycles. The Bertz CT molecular complexity index is 838. The minimum atomic E-state index is -4.65. The number of anilines is 3. The van der Waals surface area contributed by atoms with Crippen LogP contribution in [0, 0.1) is 0 Å². The summed E-state index contributed by atoms with van der Waals surface area (Å²) in [5, 5.41) is 8.15. The number of nitrogens with one attached hydrogen (secondary N) is 3. The summed E-state index contributed by atoms with van der Waals surface area (Å²) in [6.07, 6.45) is -2.49. The Hall–Kier alpha value is -2.88. The molecule has 28 heavy (non-hydrogen) atoms. The number of halogens is 3. The fourth-order valence-electron chi connectivity index (χ4n) is 2.83. The molecule has 0 spiro atoms. The van der Waals surface area contributed by atoms with Gasteiger partial charge in [-0.2, -0.15) is 18.2 Å².